The Morgan fingerprint density at radius 2 is 1.08 bits per heavy atom. The fourth-order valence-electron chi connectivity index (χ4n) is 0.139. The second-order valence-corrected chi connectivity index (χ2v) is 3.68. The van der Waals surface area contributed by atoms with E-state index in [9.17, 15) is 9.13 Å². The summed E-state index contributed by atoms with van der Waals surface area (Å²) in [5.74, 6) is 0. The van der Waals surface area contributed by atoms with Crippen LogP contribution < -0.4 is 0 Å². The smallest absolute Gasteiger partial charge is 0.316 e. The number of rotatable bonds is 2. The Morgan fingerprint density at radius 3 is 1.08 bits per heavy atom. The first-order chi connectivity index (χ1) is 3.71. The van der Waals surface area contributed by atoms with Gasteiger partial charge in [0.15, 0.2) is 0 Å². The van der Waals surface area contributed by atoms with E-state index >= 15 is 0 Å². The number of hydrogen-bond acceptors (Lipinski definition) is 3. The molecule has 0 heterocycles. The third-order valence-electron chi connectivity index (χ3n) is 0.213. The quantitative estimate of drug-likeness (QED) is 0.286. The zero-order valence-electron chi connectivity index (χ0n) is 3.91. The van der Waals surface area contributed by atoms with E-state index in [1.165, 1.54) is 0 Å². The first-order valence-electron chi connectivity index (χ1n) is 1.53. The summed E-state index contributed by atoms with van der Waals surface area (Å²) in [6, 6.07) is 0. The zero-order valence-corrected chi connectivity index (χ0v) is 5.70. The van der Waals surface area contributed by atoms with Crippen LogP contribution >= 0.6 is 15.6 Å². The summed E-state index contributed by atoms with van der Waals surface area (Å²) in [6.07, 6.45) is 0. The van der Waals surface area contributed by atoms with E-state index in [2.05, 4.69) is 4.31 Å². The molecule has 0 fully saturated rings. The Bertz CT molecular complexity index is 162. The van der Waals surface area contributed by atoms with Crippen molar-refractivity contribution in [1.82, 2.24) is 0 Å². The Hall–Kier alpha value is 3.86. The largest absolute Gasteiger partial charge is 0.316 e. The van der Waals surface area contributed by atoms with Crippen molar-refractivity contribution in [2.75, 3.05) is 0 Å². The van der Waals surface area contributed by atoms with Crippen molar-refractivity contribution in [3.63, 3.8) is 0 Å². The molecule has 0 aliphatic heterocycles. The second-order valence-electron chi connectivity index (χ2n) is 1.06. The zero-order chi connectivity index (χ0) is 7.71. The average molecular weight is 386 g/mol. The van der Waals surface area contributed by atoms with Gasteiger partial charge in [0.05, 0.1) is 0 Å². The maximum atomic E-state index is 9.63. The van der Waals surface area contributed by atoms with E-state index in [0.717, 1.165) is 0 Å². The standard InChI is InChI=1S/Ba.Ca.Mg.H4O7P2.6H/c;;;1-8(2,3)7-9(4,5)6;;;;;;/h;;;(H2,1,2,3)(H2,4,5,6);;;;;;. The third kappa shape index (κ3) is 23.6. The van der Waals surface area contributed by atoms with Gasteiger partial charge in [-0.25, -0.2) is 9.13 Å². The van der Waals surface area contributed by atoms with Crippen LogP contribution in [0.25, 0.3) is 0 Å². The van der Waals surface area contributed by atoms with Crippen LogP contribution in [0.4, 0.5) is 0 Å². The SMILES string of the molecule is O=P(O)(O)OP(=O)(O)O.[BaH2].[CaH2].[MgH2]. The average Bonchev–Trinajstić information content (AvgIpc) is 1.14. The van der Waals surface area contributed by atoms with Crippen LogP contribution in [0.2, 0.25) is 0 Å². The molecule has 0 saturated carbocycles. The van der Waals surface area contributed by atoms with E-state index < -0.39 is 15.6 Å². The summed E-state index contributed by atoms with van der Waals surface area (Å²) in [5.41, 5.74) is 0. The van der Waals surface area contributed by atoms with Crippen LogP contribution in [-0.2, 0) is 13.4 Å². The van der Waals surface area contributed by atoms with E-state index in [1.807, 2.05) is 0 Å². The molecule has 12 heteroatoms. The van der Waals surface area contributed by atoms with Crippen LogP contribution in [0.5, 0.6) is 0 Å². The molecule has 0 radical (unpaired) electrons. The Kier molecular flexibility index (Phi) is 20.8. The van der Waals surface area contributed by atoms with E-state index in [4.69, 9.17) is 19.6 Å². The van der Waals surface area contributed by atoms with Crippen molar-refractivity contribution < 1.29 is 33.0 Å². The summed E-state index contributed by atoms with van der Waals surface area (Å²) < 4.78 is 22.2. The van der Waals surface area contributed by atoms with Crippen molar-refractivity contribution in [2.45, 2.75) is 0 Å². The normalized spacial score (nSPS) is 10.3. The molecule has 7 nitrogen and oxygen atoms in total. The van der Waals surface area contributed by atoms with Gasteiger partial charge in [0.2, 0.25) is 0 Å². The maximum absolute atomic E-state index is 9.63. The van der Waals surface area contributed by atoms with Gasteiger partial charge in [0, 0.05) is 0 Å². The summed E-state index contributed by atoms with van der Waals surface area (Å²) >= 11 is 0. The molecular weight excluding hydrogens is 376 g/mol. The van der Waals surface area contributed by atoms with Gasteiger partial charge in [-0.05, 0) is 0 Å². The number of phosphoric acid groups is 2. The Labute approximate surface area is 155 Å². The molecule has 0 bridgehead atoms. The first-order valence-corrected chi connectivity index (χ1v) is 4.59. The van der Waals surface area contributed by atoms with Gasteiger partial charge in [-0.15, -0.1) is 0 Å². The molecule has 0 aromatic carbocycles. The minimum absolute atomic E-state index is 0. The van der Waals surface area contributed by atoms with Gasteiger partial charge >= 0.3 is 125 Å². The summed E-state index contributed by atoms with van der Waals surface area (Å²) in [5, 5.41) is 0. The van der Waals surface area contributed by atoms with Crippen molar-refractivity contribution >= 4 is 125 Å². The third-order valence-corrected chi connectivity index (χ3v) is 1.91. The molecular formula is H10BaCaMgO7P2. The minimum Gasteiger partial charge on any atom is 0.316 e. The van der Waals surface area contributed by atoms with Gasteiger partial charge in [-0.2, -0.15) is 4.31 Å². The predicted molar refractivity (Wildman–Crippen MR) is 50.8 cm³/mol. The van der Waals surface area contributed by atoms with Crippen molar-refractivity contribution in [3.05, 3.63) is 0 Å². The Morgan fingerprint density at radius 1 is 0.917 bits per heavy atom. The molecule has 0 unspecified atom stereocenters. The monoisotopic (exact) mass is 386 g/mol. The fraction of sp³-hybridized carbons (Fsp3) is 0. The molecule has 0 saturated heterocycles. The Balaban J connectivity index is -0.000000107. The summed E-state index contributed by atoms with van der Waals surface area (Å²) in [7, 11) is -10.1. The van der Waals surface area contributed by atoms with Crippen molar-refractivity contribution in [2.24, 2.45) is 0 Å². The molecule has 68 valence electrons. The van der Waals surface area contributed by atoms with Gasteiger partial charge in [0.1, 0.15) is 0 Å². The van der Waals surface area contributed by atoms with Crippen molar-refractivity contribution in [3.8, 4) is 0 Å². The van der Waals surface area contributed by atoms with E-state index in [0.29, 0.717) is 0 Å². The molecule has 0 atom stereocenters. The molecule has 0 aliphatic carbocycles. The van der Waals surface area contributed by atoms with Crippen LogP contribution in [0.3, 0.4) is 0 Å². The van der Waals surface area contributed by atoms with Crippen LogP contribution in [0.15, 0.2) is 0 Å². The first kappa shape index (κ1) is 24.9. The maximum Gasteiger partial charge on any atom is 0.316 e. The molecule has 0 amide bonds. The van der Waals surface area contributed by atoms with Crippen LogP contribution in [0, 0.1) is 0 Å². The van der Waals surface area contributed by atoms with Gasteiger partial charge in [-0.1, -0.05) is 0 Å². The topological polar surface area (TPSA) is 124 Å². The molecule has 0 spiro atoms. The molecule has 0 aromatic heterocycles. The van der Waals surface area contributed by atoms with Gasteiger partial charge < -0.3 is 19.6 Å². The van der Waals surface area contributed by atoms with Gasteiger partial charge in [-0.3, -0.25) is 0 Å². The summed E-state index contributed by atoms with van der Waals surface area (Å²) in [6.45, 7) is 0. The molecule has 0 rings (SSSR count). The van der Waals surface area contributed by atoms with Gasteiger partial charge in [0.25, 0.3) is 0 Å². The predicted octanol–water partition coefficient (Wildman–Crippen LogP) is -3.56. The van der Waals surface area contributed by atoms with Crippen LogP contribution in [-0.4, -0.2) is 129 Å². The molecule has 4 N–H and O–H groups in total. The number of hydrogen-bond donors (Lipinski definition) is 4. The van der Waals surface area contributed by atoms with Crippen LogP contribution in [0.1, 0.15) is 0 Å². The second kappa shape index (κ2) is 10.0. The molecule has 0 aliphatic rings. The summed E-state index contributed by atoms with van der Waals surface area (Å²) in [4.78, 5) is 31.0. The minimum atomic E-state index is -5.05. The molecule has 12 heavy (non-hydrogen) atoms. The fourth-order valence-corrected chi connectivity index (χ4v) is 1.25. The van der Waals surface area contributed by atoms with E-state index in [-0.39, 0.29) is 110 Å². The van der Waals surface area contributed by atoms with Crippen molar-refractivity contribution in [1.29, 1.82) is 0 Å². The molecule has 0 aromatic rings. The van der Waals surface area contributed by atoms with E-state index in [1.54, 1.807) is 0 Å².